The number of esters is 1. The number of amides is 4. The zero-order chi connectivity index (χ0) is 25.5. The van der Waals surface area contributed by atoms with Gasteiger partial charge in [-0.15, -0.1) is 0 Å². The molecule has 1 atom stereocenters. The number of rotatable bonds is 8. The number of halogens is 1. The van der Waals surface area contributed by atoms with Crippen molar-refractivity contribution < 1.29 is 23.5 Å². The third-order valence-corrected chi connectivity index (χ3v) is 5.44. The zero-order valence-corrected chi connectivity index (χ0v) is 20.4. The number of carbonyl (C=O) groups excluding carboxylic acids is 3. The minimum absolute atomic E-state index is 0.0633. The van der Waals surface area contributed by atoms with Crippen molar-refractivity contribution in [2.24, 2.45) is 5.92 Å². The molecule has 0 aliphatic carbocycles. The lowest BCUT2D eigenvalue weighted by molar-refractivity contribution is -0.140. The van der Waals surface area contributed by atoms with Crippen LogP contribution in [0.1, 0.15) is 45.7 Å². The fourth-order valence-electron chi connectivity index (χ4n) is 3.71. The van der Waals surface area contributed by atoms with E-state index in [0.717, 1.165) is 6.42 Å². The molecule has 0 aromatic heterocycles. The highest BCUT2D eigenvalue weighted by molar-refractivity contribution is 6.00. The molecule has 4 amide bonds. The van der Waals surface area contributed by atoms with Crippen molar-refractivity contribution in [3.8, 4) is 0 Å². The molecular weight excluding hydrogens is 451 g/mol. The van der Waals surface area contributed by atoms with Crippen LogP contribution in [0, 0.1) is 11.7 Å². The Kier molecular flexibility index (Phi) is 8.46. The van der Waals surface area contributed by atoms with E-state index < -0.39 is 23.9 Å². The van der Waals surface area contributed by atoms with Crippen LogP contribution >= 0.6 is 0 Å². The highest BCUT2D eigenvalue weighted by Crippen LogP contribution is 2.32. The van der Waals surface area contributed by atoms with Crippen molar-refractivity contribution in [2.75, 3.05) is 23.8 Å². The maximum absolute atomic E-state index is 13.8. The third kappa shape index (κ3) is 6.38. The van der Waals surface area contributed by atoms with Crippen LogP contribution in [0.5, 0.6) is 0 Å². The Morgan fingerprint density at radius 3 is 2.43 bits per heavy atom. The highest BCUT2D eigenvalue weighted by atomic mass is 19.1. The van der Waals surface area contributed by atoms with Gasteiger partial charge in [0.15, 0.2) is 0 Å². The smallest absolute Gasteiger partial charge is 0.338 e. The number of benzene rings is 2. The van der Waals surface area contributed by atoms with Crippen molar-refractivity contribution in [3.05, 3.63) is 71.2 Å². The van der Waals surface area contributed by atoms with Gasteiger partial charge in [0.05, 0.1) is 23.9 Å². The van der Waals surface area contributed by atoms with Gasteiger partial charge in [-0.05, 0) is 49.1 Å². The van der Waals surface area contributed by atoms with Crippen molar-refractivity contribution in [1.29, 1.82) is 0 Å². The number of carbonyl (C=O) groups is 3. The molecule has 3 N–H and O–H groups in total. The molecule has 2 aromatic rings. The standard InChI is InChI=1S/C26H31FN4O4/c1-5-14-31-17(4)22(24(32)35-15-16(2)3)23(30-26(31)34)18-10-12-19(13-11-18)28-25(33)29-21-9-7-6-8-20(21)27/h6-13,16,23H,5,14-15H2,1-4H3,(H,30,34)(H2,28,29,33). The van der Waals surface area contributed by atoms with E-state index >= 15 is 0 Å². The Labute approximate surface area is 204 Å². The predicted octanol–water partition coefficient (Wildman–Crippen LogP) is 5.42. The molecule has 186 valence electrons. The largest absolute Gasteiger partial charge is 0.462 e. The molecule has 1 aliphatic heterocycles. The van der Waals surface area contributed by atoms with Gasteiger partial charge in [-0.1, -0.05) is 45.0 Å². The summed E-state index contributed by atoms with van der Waals surface area (Å²) in [5, 5.41) is 8.00. The van der Waals surface area contributed by atoms with Crippen LogP contribution in [0.15, 0.2) is 59.8 Å². The molecule has 1 aliphatic rings. The first-order valence-corrected chi connectivity index (χ1v) is 11.6. The van der Waals surface area contributed by atoms with Crippen LogP contribution in [0.25, 0.3) is 0 Å². The van der Waals surface area contributed by atoms with E-state index in [4.69, 9.17) is 4.74 Å². The minimum Gasteiger partial charge on any atom is -0.462 e. The summed E-state index contributed by atoms with van der Waals surface area (Å²) in [7, 11) is 0. The molecule has 0 saturated heterocycles. The molecule has 0 spiro atoms. The van der Waals surface area contributed by atoms with Crippen molar-refractivity contribution in [3.63, 3.8) is 0 Å². The Morgan fingerprint density at radius 2 is 1.80 bits per heavy atom. The lowest BCUT2D eigenvalue weighted by Crippen LogP contribution is -2.48. The molecule has 9 heteroatoms. The van der Waals surface area contributed by atoms with E-state index in [1.165, 1.54) is 18.2 Å². The van der Waals surface area contributed by atoms with Gasteiger partial charge in [0.1, 0.15) is 5.82 Å². The SMILES string of the molecule is CCCN1C(=O)NC(c2ccc(NC(=O)Nc3ccccc3F)cc2)C(C(=O)OCC(C)C)=C1C. The number of urea groups is 2. The summed E-state index contributed by atoms with van der Waals surface area (Å²) in [6.45, 7) is 8.35. The molecule has 35 heavy (non-hydrogen) atoms. The van der Waals surface area contributed by atoms with Gasteiger partial charge in [-0.25, -0.2) is 18.8 Å². The summed E-state index contributed by atoms with van der Waals surface area (Å²) in [6, 6.07) is 11.0. The van der Waals surface area contributed by atoms with Gasteiger partial charge in [-0.2, -0.15) is 0 Å². The second kappa shape index (κ2) is 11.5. The number of para-hydroxylation sites is 1. The maximum Gasteiger partial charge on any atom is 0.338 e. The number of nitrogens with one attached hydrogen (secondary N) is 3. The molecule has 0 saturated carbocycles. The number of allylic oxidation sites excluding steroid dienone is 1. The second-order valence-electron chi connectivity index (χ2n) is 8.71. The Balaban J connectivity index is 1.80. The number of anilines is 2. The summed E-state index contributed by atoms with van der Waals surface area (Å²) in [6.07, 6.45) is 0.735. The minimum atomic E-state index is -0.698. The summed E-state index contributed by atoms with van der Waals surface area (Å²) >= 11 is 0. The molecule has 0 fully saturated rings. The molecular formula is C26H31FN4O4. The number of hydrogen-bond donors (Lipinski definition) is 3. The van der Waals surface area contributed by atoms with Crippen LogP contribution in [-0.2, 0) is 9.53 Å². The van der Waals surface area contributed by atoms with Gasteiger partial charge in [0.25, 0.3) is 0 Å². The van der Waals surface area contributed by atoms with Gasteiger partial charge in [0, 0.05) is 17.9 Å². The molecule has 3 rings (SSSR count). The predicted molar refractivity (Wildman–Crippen MR) is 132 cm³/mol. The van der Waals surface area contributed by atoms with Crippen LogP contribution in [0.2, 0.25) is 0 Å². The lowest BCUT2D eigenvalue weighted by Gasteiger charge is -2.35. The fourth-order valence-corrected chi connectivity index (χ4v) is 3.71. The van der Waals surface area contributed by atoms with Crippen molar-refractivity contribution in [1.82, 2.24) is 10.2 Å². The molecule has 1 unspecified atom stereocenters. The van der Waals surface area contributed by atoms with E-state index in [1.54, 1.807) is 42.2 Å². The van der Waals surface area contributed by atoms with Gasteiger partial charge in [0.2, 0.25) is 0 Å². The van der Waals surface area contributed by atoms with Crippen molar-refractivity contribution in [2.45, 2.75) is 40.2 Å². The van der Waals surface area contributed by atoms with Gasteiger partial charge in [-0.3, -0.25) is 4.90 Å². The first-order valence-electron chi connectivity index (χ1n) is 11.6. The van der Waals surface area contributed by atoms with E-state index in [0.29, 0.717) is 29.1 Å². The van der Waals surface area contributed by atoms with Crippen LogP contribution < -0.4 is 16.0 Å². The number of ether oxygens (including phenoxy) is 1. The number of hydrogen-bond acceptors (Lipinski definition) is 4. The third-order valence-electron chi connectivity index (χ3n) is 5.44. The molecule has 8 nitrogen and oxygen atoms in total. The Bertz CT molecular complexity index is 1110. The van der Waals surface area contributed by atoms with Crippen LogP contribution in [-0.4, -0.2) is 36.1 Å². The normalized spacial score (nSPS) is 15.7. The monoisotopic (exact) mass is 482 g/mol. The van der Waals surface area contributed by atoms with Crippen LogP contribution in [0.4, 0.5) is 25.4 Å². The van der Waals surface area contributed by atoms with Gasteiger partial charge < -0.3 is 20.7 Å². The second-order valence-corrected chi connectivity index (χ2v) is 8.71. The highest BCUT2D eigenvalue weighted by Gasteiger charge is 2.36. The van der Waals surface area contributed by atoms with Gasteiger partial charge >= 0.3 is 18.0 Å². The molecule has 0 radical (unpaired) electrons. The summed E-state index contributed by atoms with van der Waals surface area (Å²) in [5.41, 5.74) is 2.11. The summed E-state index contributed by atoms with van der Waals surface area (Å²) in [5.74, 6) is -0.847. The lowest BCUT2D eigenvalue weighted by atomic mass is 9.94. The summed E-state index contributed by atoms with van der Waals surface area (Å²) < 4.78 is 19.3. The first-order chi connectivity index (χ1) is 16.7. The quantitative estimate of drug-likeness (QED) is 0.438. The zero-order valence-electron chi connectivity index (χ0n) is 20.4. The maximum atomic E-state index is 13.8. The summed E-state index contributed by atoms with van der Waals surface area (Å²) in [4.78, 5) is 39.6. The van der Waals surface area contributed by atoms with Crippen LogP contribution in [0.3, 0.4) is 0 Å². The average Bonchev–Trinajstić information content (AvgIpc) is 2.82. The van der Waals surface area contributed by atoms with E-state index in [2.05, 4.69) is 16.0 Å². The molecule has 0 bridgehead atoms. The van der Waals surface area contributed by atoms with Crippen molar-refractivity contribution >= 4 is 29.4 Å². The fraction of sp³-hybridized carbons (Fsp3) is 0.346. The number of nitrogens with zero attached hydrogens (tertiary/aromatic N) is 1. The molecule has 1 heterocycles. The van der Waals surface area contributed by atoms with E-state index in [-0.39, 0.29) is 24.2 Å². The topological polar surface area (TPSA) is 99.8 Å². The Hall–Kier alpha value is -3.88. The first kappa shape index (κ1) is 25.7. The average molecular weight is 483 g/mol. The molecule has 2 aromatic carbocycles. The van der Waals surface area contributed by atoms with E-state index in [9.17, 15) is 18.8 Å². The Morgan fingerprint density at radius 1 is 1.11 bits per heavy atom. The van der Waals surface area contributed by atoms with E-state index in [1.807, 2.05) is 20.8 Å².